The predicted molar refractivity (Wildman–Crippen MR) is 75.8 cm³/mol. The lowest BCUT2D eigenvalue weighted by Crippen LogP contribution is -2.23. The van der Waals surface area contributed by atoms with Crippen LogP contribution >= 0.6 is 38.5 Å². The van der Waals surface area contributed by atoms with E-state index in [-0.39, 0.29) is 8.96 Å². The third-order valence-electron chi connectivity index (χ3n) is 1.75. The van der Waals surface area contributed by atoms with E-state index in [9.17, 15) is 0 Å². The van der Waals surface area contributed by atoms with Crippen molar-refractivity contribution in [2.75, 3.05) is 0 Å². The largest absolute Gasteiger partial charge is 0.290 e. The molecule has 0 radical (unpaired) electrons. The minimum atomic E-state index is 0.0135. The Labute approximate surface area is 108 Å². The monoisotopic (exact) mass is 367 g/mol. The normalized spacial score (nSPS) is 28.2. The van der Waals surface area contributed by atoms with Crippen molar-refractivity contribution in [3.63, 3.8) is 0 Å². The molecular formula is C11H15BrIN. The van der Waals surface area contributed by atoms with Gasteiger partial charge in [-0.05, 0) is 33.3 Å². The van der Waals surface area contributed by atoms with Crippen molar-refractivity contribution in [2.45, 2.75) is 36.2 Å². The Kier molecular flexibility index (Phi) is 3.97. The third-order valence-corrected chi connectivity index (χ3v) is 3.28. The summed E-state index contributed by atoms with van der Waals surface area (Å²) in [5, 5.41) is 0. The van der Waals surface area contributed by atoms with E-state index < -0.39 is 0 Å². The lowest BCUT2D eigenvalue weighted by molar-refractivity contribution is 0.583. The molecule has 0 fully saturated rings. The zero-order valence-electron chi connectivity index (χ0n) is 8.72. The molecule has 14 heavy (non-hydrogen) atoms. The average Bonchev–Trinajstić information content (AvgIpc) is 1.99. The van der Waals surface area contributed by atoms with Crippen LogP contribution in [0.15, 0.2) is 27.7 Å². The van der Waals surface area contributed by atoms with E-state index in [1.54, 1.807) is 0 Å². The molecule has 1 aliphatic carbocycles. The second-order valence-corrected chi connectivity index (χ2v) is 7.42. The Morgan fingerprint density at radius 2 is 2.21 bits per heavy atom. The molecule has 1 nitrogen and oxygen atoms in total. The summed E-state index contributed by atoms with van der Waals surface area (Å²) in [6, 6.07) is 0. The Morgan fingerprint density at radius 1 is 1.57 bits per heavy atom. The van der Waals surface area contributed by atoms with Gasteiger partial charge < -0.3 is 0 Å². The number of alkyl halides is 1. The topological polar surface area (TPSA) is 12.4 Å². The van der Waals surface area contributed by atoms with Gasteiger partial charge in [0.1, 0.15) is 0 Å². The summed E-state index contributed by atoms with van der Waals surface area (Å²) in [5.74, 6) is 0. The molecule has 1 atom stereocenters. The summed E-state index contributed by atoms with van der Waals surface area (Å²) in [5.41, 5.74) is 0.0135. The van der Waals surface area contributed by atoms with Crippen LogP contribution in [-0.4, -0.2) is 15.2 Å². The molecule has 0 aliphatic heterocycles. The van der Waals surface area contributed by atoms with Gasteiger partial charge in [0.15, 0.2) is 0 Å². The molecule has 78 valence electrons. The minimum Gasteiger partial charge on any atom is -0.290 e. The lowest BCUT2D eigenvalue weighted by Gasteiger charge is -2.22. The second kappa shape index (κ2) is 4.47. The summed E-state index contributed by atoms with van der Waals surface area (Å²) in [6.45, 7) is 6.34. The Morgan fingerprint density at radius 3 is 2.71 bits per heavy atom. The van der Waals surface area contributed by atoms with Gasteiger partial charge in [0.2, 0.25) is 0 Å². The zero-order valence-corrected chi connectivity index (χ0v) is 12.5. The van der Waals surface area contributed by atoms with E-state index in [1.807, 2.05) is 0 Å². The molecule has 0 bridgehead atoms. The third kappa shape index (κ3) is 4.26. The van der Waals surface area contributed by atoms with Crippen molar-refractivity contribution in [1.82, 2.24) is 0 Å². The van der Waals surface area contributed by atoms with E-state index in [0.29, 0.717) is 0 Å². The highest BCUT2D eigenvalue weighted by Gasteiger charge is 2.23. The van der Waals surface area contributed by atoms with Crippen molar-refractivity contribution in [3.8, 4) is 0 Å². The number of allylic oxidation sites excluding steroid dienone is 4. The first kappa shape index (κ1) is 12.4. The van der Waals surface area contributed by atoms with Crippen LogP contribution in [0.4, 0.5) is 0 Å². The van der Waals surface area contributed by atoms with Crippen LogP contribution in [0.3, 0.4) is 0 Å². The highest BCUT2D eigenvalue weighted by Crippen LogP contribution is 2.31. The van der Waals surface area contributed by atoms with Crippen LogP contribution in [-0.2, 0) is 0 Å². The van der Waals surface area contributed by atoms with Crippen LogP contribution < -0.4 is 0 Å². The molecule has 0 amide bonds. The number of hydrogen-bond acceptors (Lipinski definition) is 1. The second-order valence-electron chi connectivity index (χ2n) is 4.49. The van der Waals surface area contributed by atoms with Gasteiger partial charge in [0.05, 0.1) is 8.96 Å². The van der Waals surface area contributed by atoms with Crippen molar-refractivity contribution < 1.29 is 0 Å². The average molecular weight is 368 g/mol. The number of aliphatic imine (C=N–C) groups is 1. The first-order valence-corrected chi connectivity index (χ1v) is 6.48. The molecule has 0 aromatic heterocycles. The van der Waals surface area contributed by atoms with Crippen LogP contribution in [0.1, 0.15) is 27.2 Å². The summed E-state index contributed by atoms with van der Waals surface area (Å²) < 4.78 is 1.18. The molecule has 1 unspecified atom stereocenters. The number of rotatable bonds is 1. The van der Waals surface area contributed by atoms with Crippen molar-refractivity contribution >= 4 is 44.7 Å². The fourth-order valence-corrected chi connectivity index (χ4v) is 2.83. The number of halogens is 2. The molecule has 0 spiro atoms. The summed E-state index contributed by atoms with van der Waals surface area (Å²) in [7, 11) is 0. The SMILES string of the molecule is CC(C)(C)N=CC1(I)C=C(Br)C=CC1. The smallest absolute Gasteiger partial charge is 0.0795 e. The van der Waals surface area contributed by atoms with Gasteiger partial charge in [0, 0.05) is 10.7 Å². The van der Waals surface area contributed by atoms with Crippen molar-refractivity contribution in [1.29, 1.82) is 0 Å². The standard InChI is InChI=1S/C11H15BrIN/c1-10(2,3)14-8-11(13)6-4-5-9(12)7-11/h4-5,7-8H,6H2,1-3H3. The molecule has 0 aromatic rings. The fraction of sp³-hybridized carbons (Fsp3) is 0.545. The lowest BCUT2D eigenvalue weighted by atomic mass is 10.0. The summed E-state index contributed by atoms with van der Waals surface area (Å²) in [4.78, 5) is 4.55. The maximum absolute atomic E-state index is 4.55. The Balaban J connectivity index is 2.78. The van der Waals surface area contributed by atoms with Crippen molar-refractivity contribution in [2.24, 2.45) is 4.99 Å². The number of nitrogens with zero attached hydrogens (tertiary/aromatic N) is 1. The van der Waals surface area contributed by atoms with Crippen LogP contribution in [0.25, 0.3) is 0 Å². The van der Waals surface area contributed by atoms with Gasteiger partial charge in [-0.15, -0.1) is 0 Å². The minimum absolute atomic E-state index is 0.0135. The van der Waals surface area contributed by atoms with Crippen LogP contribution in [0, 0.1) is 0 Å². The molecule has 0 saturated carbocycles. The van der Waals surface area contributed by atoms with E-state index in [2.05, 4.69) is 88.7 Å². The van der Waals surface area contributed by atoms with Gasteiger partial charge in [-0.25, -0.2) is 0 Å². The maximum atomic E-state index is 4.55. The van der Waals surface area contributed by atoms with E-state index in [0.717, 1.165) is 10.9 Å². The highest BCUT2D eigenvalue weighted by molar-refractivity contribution is 14.1. The quantitative estimate of drug-likeness (QED) is 0.373. The van der Waals surface area contributed by atoms with E-state index >= 15 is 0 Å². The molecule has 1 rings (SSSR count). The highest BCUT2D eigenvalue weighted by atomic mass is 127. The maximum Gasteiger partial charge on any atom is 0.0795 e. The molecule has 3 heteroatoms. The Hall–Kier alpha value is 0.360. The molecule has 0 N–H and O–H groups in total. The van der Waals surface area contributed by atoms with Crippen LogP contribution in [0.2, 0.25) is 0 Å². The van der Waals surface area contributed by atoms with E-state index in [1.165, 1.54) is 0 Å². The van der Waals surface area contributed by atoms with Gasteiger partial charge >= 0.3 is 0 Å². The summed E-state index contributed by atoms with van der Waals surface area (Å²) >= 11 is 5.93. The van der Waals surface area contributed by atoms with Gasteiger partial charge in [0.25, 0.3) is 0 Å². The van der Waals surface area contributed by atoms with E-state index in [4.69, 9.17) is 0 Å². The van der Waals surface area contributed by atoms with Crippen molar-refractivity contribution in [3.05, 3.63) is 22.7 Å². The summed E-state index contributed by atoms with van der Waals surface area (Å²) in [6.07, 6.45) is 9.52. The first-order valence-electron chi connectivity index (χ1n) is 4.61. The van der Waals surface area contributed by atoms with Gasteiger partial charge in [-0.3, -0.25) is 4.99 Å². The first-order chi connectivity index (χ1) is 6.31. The van der Waals surface area contributed by atoms with Crippen LogP contribution in [0.5, 0.6) is 0 Å². The molecular weight excluding hydrogens is 353 g/mol. The Bertz CT molecular complexity index is 299. The molecule has 0 saturated heterocycles. The zero-order chi connectivity index (χ0) is 10.8. The molecule has 1 aliphatic rings. The van der Waals surface area contributed by atoms with Gasteiger partial charge in [-0.1, -0.05) is 50.7 Å². The molecule has 0 heterocycles. The van der Waals surface area contributed by atoms with Gasteiger partial charge in [-0.2, -0.15) is 0 Å². The predicted octanol–water partition coefficient (Wildman–Crippen LogP) is 4.27. The molecule has 0 aromatic carbocycles. The number of hydrogen-bond donors (Lipinski definition) is 0. The fourth-order valence-electron chi connectivity index (χ4n) is 1.08.